The van der Waals surface area contributed by atoms with Crippen molar-refractivity contribution in [2.24, 2.45) is 0 Å². The molecule has 16 heavy (non-hydrogen) atoms. The Morgan fingerprint density at radius 3 is 2.69 bits per heavy atom. The smallest absolute Gasteiger partial charge is 0.126 e. The lowest BCUT2D eigenvalue weighted by atomic mass is 10.0. The Kier molecular flexibility index (Phi) is 3.37. The Hall–Kier alpha value is -1.61. The average Bonchev–Trinajstić information content (AvgIpc) is 2.74. The minimum atomic E-state index is -0.588. The molecular weight excluding hydrogens is 207 g/mol. The van der Waals surface area contributed by atoms with Crippen molar-refractivity contribution in [2.45, 2.75) is 18.9 Å². The third-order valence-electron chi connectivity index (χ3n) is 2.46. The summed E-state index contributed by atoms with van der Waals surface area (Å²) in [5.74, 6) is -0.270. The van der Waals surface area contributed by atoms with Crippen LogP contribution in [-0.2, 0) is 12.8 Å². The summed E-state index contributed by atoms with van der Waals surface area (Å²) in [6, 6.07) is 8.29. The zero-order chi connectivity index (χ0) is 11.4. The van der Waals surface area contributed by atoms with Gasteiger partial charge in [-0.05, 0) is 23.3 Å². The molecule has 0 radical (unpaired) electrons. The van der Waals surface area contributed by atoms with E-state index in [1.165, 1.54) is 6.07 Å². The molecule has 1 aromatic heterocycles. The van der Waals surface area contributed by atoms with Crippen LogP contribution in [0.2, 0.25) is 0 Å². The Morgan fingerprint density at radius 1 is 1.19 bits per heavy atom. The van der Waals surface area contributed by atoms with E-state index in [-0.39, 0.29) is 5.82 Å². The fourth-order valence-corrected chi connectivity index (χ4v) is 1.67. The molecule has 1 unspecified atom stereocenters. The summed E-state index contributed by atoms with van der Waals surface area (Å²) >= 11 is 0. The third kappa shape index (κ3) is 2.70. The van der Waals surface area contributed by atoms with Crippen LogP contribution in [0.25, 0.3) is 0 Å². The normalized spacial score (nSPS) is 12.6. The minimum absolute atomic E-state index is 0.270. The van der Waals surface area contributed by atoms with Gasteiger partial charge in [-0.25, -0.2) is 4.39 Å². The lowest BCUT2D eigenvalue weighted by Crippen LogP contribution is -2.14. The van der Waals surface area contributed by atoms with Gasteiger partial charge in [-0.3, -0.25) is 0 Å². The maximum atomic E-state index is 13.3. The maximum absolute atomic E-state index is 13.3. The van der Waals surface area contributed by atoms with Crippen molar-refractivity contribution in [3.05, 3.63) is 59.8 Å². The lowest BCUT2D eigenvalue weighted by Gasteiger charge is -2.09. The highest BCUT2D eigenvalue weighted by molar-refractivity contribution is 5.18. The van der Waals surface area contributed by atoms with Gasteiger partial charge in [0, 0.05) is 12.8 Å². The molecule has 0 fully saturated rings. The Morgan fingerprint density at radius 2 is 2.00 bits per heavy atom. The van der Waals surface area contributed by atoms with Crippen LogP contribution in [0.3, 0.4) is 0 Å². The van der Waals surface area contributed by atoms with E-state index in [4.69, 9.17) is 4.42 Å². The summed E-state index contributed by atoms with van der Waals surface area (Å²) in [7, 11) is 0. The first kappa shape index (κ1) is 10.9. The second kappa shape index (κ2) is 4.94. The fraction of sp³-hybridized carbons (Fsp3) is 0.231. The molecule has 3 heteroatoms. The van der Waals surface area contributed by atoms with Gasteiger partial charge in [0.05, 0.1) is 18.6 Å². The highest BCUT2D eigenvalue weighted by atomic mass is 19.1. The molecule has 1 heterocycles. The zero-order valence-electron chi connectivity index (χ0n) is 8.77. The quantitative estimate of drug-likeness (QED) is 0.859. The van der Waals surface area contributed by atoms with Crippen LogP contribution in [-0.4, -0.2) is 11.2 Å². The molecule has 1 atom stereocenters. The van der Waals surface area contributed by atoms with E-state index in [1.807, 2.05) is 0 Å². The van der Waals surface area contributed by atoms with Crippen molar-refractivity contribution in [2.75, 3.05) is 0 Å². The summed E-state index contributed by atoms with van der Waals surface area (Å²) in [5, 5.41) is 9.79. The minimum Gasteiger partial charge on any atom is -0.472 e. The molecule has 0 saturated carbocycles. The largest absolute Gasteiger partial charge is 0.472 e. The first-order valence-corrected chi connectivity index (χ1v) is 5.18. The zero-order valence-corrected chi connectivity index (χ0v) is 8.77. The number of furan rings is 1. The molecular formula is C13H13FO2. The maximum Gasteiger partial charge on any atom is 0.126 e. The van der Waals surface area contributed by atoms with Crippen molar-refractivity contribution >= 4 is 0 Å². The molecule has 2 rings (SSSR count). The molecule has 0 aliphatic heterocycles. The summed E-state index contributed by atoms with van der Waals surface area (Å²) in [6.07, 6.45) is 3.35. The standard InChI is InChI=1S/C13H13FO2/c14-13-4-2-1-3-11(13)8-12(15)7-10-5-6-16-9-10/h1-6,9,12,15H,7-8H2. The first-order valence-electron chi connectivity index (χ1n) is 5.18. The fourth-order valence-electron chi connectivity index (χ4n) is 1.67. The number of aliphatic hydroxyl groups excluding tert-OH is 1. The molecule has 0 spiro atoms. The second-order valence-corrected chi connectivity index (χ2v) is 3.79. The highest BCUT2D eigenvalue weighted by Crippen LogP contribution is 2.12. The number of benzene rings is 1. The van der Waals surface area contributed by atoms with Crippen molar-refractivity contribution in [3.8, 4) is 0 Å². The van der Waals surface area contributed by atoms with Crippen molar-refractivity contribution in [3.63, 3.8) is 0 Å². The van der Waals surface area contributed by atoms with E-state index in [1.54, 1.807) is 36.8 Å². The third-order valence-corrected chi connectivity index (χ3v) is 2.46. The Bertz CT molecular complexity index is 437. The number of hydrogen-bond acceptors (Lipinski definition) is 2. The highest BCUT2D eigenvalue weighted by Gasteiger charge is 2.10. The number of hydrogen-bond donors (Lipinski definition) is 1. The topological polar surface area (TPSA) is 33.4 Å². The van der Waals surface area contributed by atoms with E-state index in [0.29, 0.717) is 18.4 Å². The molecule has 1 N–H and O–H groups in total. The van der Waals surface area contributed by atoms with E-state index in [2.05, 4.69) is 0 Å². The van der Waals surface area contributed by atoms with Gasteiger partial charge < -0.3 is 9.52 Å². The van der Waals surface area contributed by atoms with Gasteiger partial charge in [0.1, 0.15) is 5.82 Å². The van der Waals surface area contributed by atoms with Crippen LogP contribution < -0.4 is 0 Å². The summed E-state index contributed by atoms with van der Waals surface area (Å²) in [6.45, 7) is 0. The molecule has 0 amide bonds. The lowest BCUT2D eigenvalue weighted by molar-refractivity contribution is 0.174. The van der Waals surface area contributed by atoms with Gasteiger partial charge in [0.25, 0.3) is 0 Å². The predicted octanol–water partition coefficient (Wildman–Crippen LogP) is 2.56. The van der Waals surface area contributed by atoms with Crippen molar-refractivity contribution in [1.29, 1.82) is 0 Å². The van der Waals surface area contributed by atoms with E-state index in [0.717, 1.165) is 5.56 Å². The van der Waals surface area contributed by atoms with Crippen LogP contribution in [0.5, 0.6) is 0 Å². The Balaban J connectivity index is 1.97. The second-order valence-electron chi connectivity index (χ2n) is 3.79. The van der Waals surface area contributed by atoms with Crippen LogP contribution >= 0.6 is 0 Å². The summed E-state index contributed by atoms with van der Waals surface area (Å²) < 4.78 is 18.2. The first-order chi connectivity index (χ1) is 7.75. The van der Waals surface area contributed by atoms with E-state index >= 15 is 0 Å². The molecule has 1 aromatic carbocycles. The predicted molar refractivity (Wildman–Crippen MR) is 58.5 cm³/mol. The van der Waals surface area contributed by atoms with Gasteiger partial charge in [-0.2, -0.15) is 0 Å². The van der Waals surface area contributed by atoms with Crippen LogP contribution in [0.1, 0.15) is 11.1 Å². The molecule has 84 valence electrons. The molecule has 2 aromatic rings. The van der Waals surface area contributed by atoms with Gasteiger partial charge in [0.15, 0.2) is 0 Å². The van der Waals surface area contributed by atoms with Gasteiger partial charge in [-0.15, -0.1) is 0 Å². The van der Waals surface area contributed by atoms with Gasteiger partial charge in [-0.1, -0.05) is 18.2 Å². The molecule has 0 aliphatic rings. The molecule has 0 bridgehead atoms. The van der Waals surface area contributed by atoms with Crippen molar-refractivity contribution in [1.82, 2.24) is 0 Å². The molecule has 0 aliphatic carbocycles. The Labute approximate surface area is 93.3 Å². The SMILES string of the molecule is OC(Cc1ccoc1)Cc1ccccc1F. The van der Waals surface area contributed by atoms with Crippen LogP contribution in [0, 0.1) is 5.82 Å². The summed E-state index contributed by atoms with van der Waals surface area (Å²) in [4.78, 5) is 0. The number of aliphatic hydroxyl groups is 1. The monoisotopic (exact) mass is 220 g/mol. The van der Waals surface area contributed by atoms with Gasteiger partial charge >= 0.3 is 0 Å². The van der Waals surface area contributed by atoms with Crippen LogP contribution in [0.4, 0.5) is 4.39 Å². The van der Waals surface area contributed by atoms with Gasteiger partial charge in [0.2, 0.25) is 0 Å². The van der Waals surface area contributed by atoms with Crippen molar-refractivity contribution < 1.29 is 13.9 Å². The average molecular weight is 220 g/mol. The van der Waals surface area contributed by atoms with E-state index < -0.39 is 6.10 Å². The number of halogens is 1. The number of rotatable bonds is 4. The molecule has 2 nitrogen and oxygen atoms in total. The van der Waals surface area contributed by atoms with E-state index in [9.17, 15) is 9.50 Å². The van der Waals surface area contributed by atoms with Crippen LogP contribution in [0.15, 0.2) is 47.3 Å². The summed E-state index contributed by atoms with van der Waals surface area (Å²) in [5.41, 5.74) is 1.46. The molecule has 0 saturated heterocycles.